The molecule has 0 radical (unpaired) electrons. The molecule has 3 rings (SSSR count). The van der Waals surface area contributed by atoms with Crippen LogP contribution in [-0.2, 0) is 38.8 Å². The predicted molar refractivity (Wildman–Crippen MR) is 157 cm³/mol. The number of nitrogens with zero attached hydrogens (tertiary/aromatic N) is 2. The number of alkyl halides is 3. The van der Waals surface area contributed by atoms with Crippen molar-refractivity contribution in [2.45, 2.75) is 44.9 Å². The molecule has 2 amide bonds. The van der Waals surface area contributed by atoms with Crippen molar-refractivity contribution in [3.8, 4) is 0 Å². The van der Waals surface area contributed by atoms with E-state index >= 15 is 0 Å². The van der Waals surface area contributed by atoms with E-state index in [1.54, 1.807) is 48.5 Å². The number of anilines is 1. The van der Waals surface area contributed by atoms with E-state index in [2.05, 4.69) is 5.32 Å². The van der Waals surface area contributed by atoms with Crippen LogP contribution >= 0.6 is 11.6 Å². The number of carbonyl (C=O) groups is 2. The van der Waals surface area contributed by atoms with Gasteiger partial charge in [0.05, 0.1) is 17.5 Å². The van der Waals surface area contributed by atoms with Crippen LogP contribution in [0.2, 0.25) is 5.02 Å². The number of nitrogens with one attached hydrogen (secondary N) is 1. The molecule has 0 aliphatic rings. The molecule has 0 fully saturated rings. The summed E-state index contributed by atoms with van der Waals surface area (Å²) in [6.45, 7) is 1.36. The maximum atomic E-state index is 14.0. The first-order chi connectivity index (χ1) is 19.8. The topological polar surface area (TPSA) is 86.8 Å². The summed E-state index contributed by atoms with van der Waals surface area (Å²) < 4.78 is 66.5. The first kappa shape index (κ1) is 32.9. The summed E-state index contributed by atoms with van der Waals surface area (Å²) in [7, 11) is -4.22. The molecule has 12 heteroatoms. The number of hydrogen-bond donors (Lipinski definition) is 1. The lowest BCUT2D eigenvalue weighted by Gasteiger charge is -2.33. The van der Waals surface area contributed by atoms with Crippen molar-refractivity contribution >= 4 is 39.1 Å². The number of rotatable bonds is 13. The van der Waals surface area contributed by atoms with Gasteiger partial charge < -0.3 is 10.2 Å². The molecule has 3 aromatic carbocycles. The van der Waals surface area contributed by atoms with Crippen molar-refractivity contribution < 1.29 is 31.2 Å². The first-order valence-corrected chi connectivity index (χ1v) is 15.5. The van der Waals surface area contributed by atoms with Crippen LogP contribution in [0.15, 0.2) is 78.9 Å². The van der Waals surface area contributed by atoms with Gasteiger partial charge in [-0.05, 0) is 41.8 Å². The minimum absolute atomic E-state index is 0.109. The number of amides is 2. The molecular formula is C30H33ClF3N3O4S. The molecule has 0 aliphatic heterocycles. The second kappa shape index (κ2) is 14.6. The highest BCUT2D eigenvalue weighted by molar-refractivity contribution is 7.92. The molecule has 0 spiro atoms. The Morgan fingerprint density at radius 1 is 0.976 bits per heavy atom. The normalized spacial score (nSPS) is 12.4. The highest BCUT2D eigenvalue weighted by atomic mass is 35.5. The SMILES string of the molecule is CCCCNC(=O)C(Cc1ccccc1)N(Cc1ccccc1Cl)C(=O)CN(c1cccc(C(F)(F)F)c1)S(C)(=O)=O. The zero-order chi connectivity index (χ0) is 30.9. The third-order valence-corrected chi connectivity index (χ3v) is 8.05. The van der Waals surface area contributed by atoms with Crippen molar-refractivity contribution in [1.82, 2.24) is 10.2 Å². The maximum absolute atomic E-state index is 14.0. The smallest absolute Gasteiger partial charge is 0.354 e. The van der Waals surface area contributed by atoms with Crippen molar-refractivity contribution in [1.29, 1.82) is 0 Å². The fraction of sp³-hybridized carbons (Fsp3) is 0.333. The number of carbonyl (C=O) groups excluding carboxylic acids is 2. The van der Waals surface area contributed by atoms with Crippen LogP contribution in [0.25, 0.3) is 0 Å². The molecule has 3 aromatic rings. The standard InChI is InChI=1S/C30H33ClF3N3O4S/c1-3-4-17-35-29(39)27(18-22-11-6-5-7-12-22)36(20-23-13-8-9-16-26(23)31)28(38)21-37(42(2,40)41)25-15-10-14-24(19-25)30(32,33)34/h5-16,19,27H,3-4,17-18,20-21H2,1-2H3,(H,35,39). The monoisotopic (exact) mass is 623 g/mol. The van der Waals surface area contributed by atoms with Crippen molar-refractivity contribution in [2.24, 2.45) is 0 Å². The van der Waals surface area contributed by atoms with Gasteiger partial charge in [0.25, 0.3) is 0 Å². The Bertz CT molecular complexity index is 1470. The third kappa shape index (κ3) is 9.22. The molecule has 42 heavy (non-hydrogen) atoms. The Morgan fingerprint density at radius 2 is 1.64 bits per heavy atom. The second-order valence-corrected chi connectivity index (χ2v) is 12.1. The number of unbranched alkanes of at least 4 members (excludes halogenated alkanes) is 1. The van der Waals surface area contributed by atoms with E-state index in [0.717, 1.165) is 30.4 Å². The van der Waals surface area contributed by atoms with Gasteiger partial charge in [-0.3, -0.25) is 13.9 Å². The summed E-state index contributed by atoms with van der Waals surface area (Å²) in [5.41, 5.74) is -0.128. The molecular weight excluding hydrogens is 591 g/mol. The van der Waals surface area contributed by atoms with E-state index in [1.165, 1.54) is 11.0 Å². The molecule has 1 unspecified atom stereocenters. The van der Waals surface area contributed by atoms with Crippen molar-refractivity contribution in [3.63, 3.8) is 0 Å². The van der Waals surface area contributed by atoms with Crippen LogP contribution in [0.5, 0.6) is 0 Å². The van der Waals surface area contributed by atoms with E-state index in [1.807, 2.05) is 13.0 Å². The van der Waals surface area contributed by atoms with E-state index in [-0.39, 0.29) is 18.7 Å². The van der Waals surface area contributed by atoms with Gasteiger partial charge in [-0.25, -0.2) is 8.42 Å². The van der Waals surface area contributed by atoms with Crippen LogP contribution in [0.1, 0.15) is 36.5 Å². The Kier molecular flexibility index (Phi) is 11.4. The minimum atomic E-state index is -4.73. The predicted octanol–water partition coefficient (Wildman–Crippen LogP) is 5.68. The number of sulfonamides is 1. The van der Waals surface area contributed by atoms with Crippen molar-refractivity contribution in [2.75, 3.05) is 23.7 Å². The second-order valence-electron chi connectivity index (χ2n) is 9.78. The van der Waals surface area contributed by atoms with Crippen LogP contribution in [0.3, 0.4) is 0 Å². The van der Waals surface area contributed by atoms with E-state index in [4.69, 9.17) is 11.6 Å². The third-order valence-electron chi connectivity index (χ3n) is 6.54. The minimum Gasteiger partial charge on any atom is -0.354 e. The van der Waals surface area contributed by atoms with Gasteiger partial charge in [0, 0.05) is 24.5 Å². The van der Waals surface area contributed by atoms with Gasteiger partial charge in [0.2, 0.25) is 21.8 Å². The molecule has 0 saturated heterocycles. The molecule has 1 N–H and O–H groups in total. The van der Waals surface area contributed by atoms with E-state index in [9.17, 15) is 31.2 Å². The Balaban J connectivity index is 2.07. The molecule has 0 aliphatic carbocycles. The largest absolute Gasteiger partial charge is 0.416 e. The van der Waals surface area contributed by atoms with Gasteiger partial charge in [0.15, 0.2) is 0 Å². The summed E-state index contributed by atoms with van der Waals surface area (Å²) in [4.78, 5) is 28.8. The maximum Gasteiger partial charge on any atom is 0.416 e. The fourth-order valence-corrected chi connectivity index (χ4v) is 5.36. The lowest BCUT2D eigenvalue weighted by molar-refractivity contribution is -0.140. The lowest BCUT2D eigenvalue weighted by Crippen LogP contribution is -2.53. The molecule has 0 saturated carbocycles. The number of hydrogen-bond acceptors (Lipinski definition) is 4. The zero-order valence-corrected chi connectivity index (χ0v) is 24.8. The molecule has 0 heterocycles. The highest BCUT2D eigenvalue weighted by Gasteiger charge is 2.35. The summed E-state index contributed by atoms with van der Waals surface area (Å²) in [6.07, 6.45) is -2.28. The molecule has 0 aromatic heterocycles. The molecule has 226 valence electrons. The van der Waals surface area contributed by atoms with Crippen LogP contribution in [-0.4, -0.2) is 50.5 Å². The van der Waals surface area contributed by atoms with Gasteiger partial charge in [0.1, 0.15) is 12.6 Å². The van der Waals surface area contributed by atoms with E-state index in [0.29, 0.717) is 33.9 Å². The average molecular weight is 624 g/mol. The molecule has 0 bridgehead atoms. The van der Waals surface area contributed by atoms with Crippen LogP contribution < -0.4 is 9.62 Å². The quantitative estimate of drug-likeness (QED) is 0.248. The van der Waals surface area contributed by atoms with E-state index < -0.39 is 46.2 Å². The summed E-state index contributed by atoms with van der Waals surface area (Å²) in [6, 6.07) is 18.4. The summed E-state index contributed by atoms with van der Waals surface area (Å²) in [5, 5.41) is 3.19. The lowest BCUT2D eigenvalue weighted by atomic mass is 10.0. The van der Waals surface area contributed by atoms with Gasteiger partial charge in [-0.2, -0.15) is 13.2 Å². The van der Waals surface area contributed by atoms with Gasteiger partial charge >= 0.3 is 6.18 Å². The van der Waals surface area contributed by atoms with Crippen LogP contribution in [0, 0.1) is 0 Å². The van der Waals surface area contributed by atoms with Crippen LogP contribution in [0.4, 0.5) is 18.9 Å². The summed E-state index contributed by atoms with van der Waals surface area (Å²) >= 11 is 6.40. The average Bonchev–Trinajstić information content (AvgIpc) is 2.94. The first-order valence-electron chi connectivity index (χ1n) is 13.3. The number of benzene rings is 3. The molecule has 7 nitrogen and oxygen atoms in total. The highest BCUT2D eigenvalue weighted by Crippen LogP contribution is 2.32. The van der Waals surface area contributed by atoms with Gasteiger partial charge in [-0.15, -0.1) is 0 Å². The summed E-state index contributed by atoms with van der Waals surface area (Å²) in [5.74, 6) is -1.23. The Morgan fingerprint density at radius 3 is 2.26 bits per heavy atom. The van der Waals surface area contributed by atoms with Crippen molar-refractivity contribution in [3.05, 3.63) is 101 Å². The fourth-order valence-electron chi connectivity index (χ4n) is 4.32. The zero-order valence-electron chi connectivity index (χ0n) is 23.3. The number of halogens is 4. The molecule has 1 atom stereocenters. The Labute approximate surface area is 249 Å². The van der Waals surface area contributed by atoms with Gasteiger partial charge in [-0.1, -0.05) is 79.5 Å². The Hall–Kier alpha value is -3.57.